The quantitative estimate of drug-likeness (QED) is 0.555. The minimum atomic E-state index is 0.160. The molecule has 1 heterocycles. The molecule has 0 aliphatic carbocycles. The van der Waals surface area contributed by atoms with Gasteiger partial charge in [-0.05, 0) is 23.8 Å². The number of anilines is 1. The van der Waals surface area contributed by atoms with Crippen LogP contribution in [0.5, 0.6) is 0 Å². The maximum atomic E-state index is 12.3. The van der Waals surface area contributed by atoms with Crippen molar-refractivity contribution in [3.63, 3.8) is 0 Å². The van der Waals surface area contributed by atoms with Crippen molar-refractivity contribution in [3.05, 3.63) is 65.9 Å². The first kappa shape index (κ1) is 13.8. The lowest BCUT2D eigenvalue weighted by molar-refractivity contribution is 0.102. The van der Waals surface area contributed by atoms with Crippen LogP contribution >= 0.6 is 11.8 Å². The van der Waals surface area contributed by atoms with Gasteiger partial charge in [-0.25, -0.2) is 0 Å². The Morgan fingerprint density at radius 1 is 1.10 bits per heavy atom. The van der Waals surface area contributed by atoms with E-state index in [1.807, 2.05) is 48.5 Å². The van der Waals surface area contributed by atoms with Crippen LogP contribution in [0.3, 0.4) is 0 Å². The fraction of sp³-hybridized carbons (Fsp3) is 0.118. The van der Waals surface area contributed by atoms with Gasteiger partial charge in [0.1, 0.15) is 0 Å². The molecule has 0 aliphatic rings. The molecule has 4 heteroatoms. The number of Topliss-reactive ketones (excluding diaryl/α,β-unsaturated/α-hetero) is 1. The van der Waals surface area contributed by atoms with Crippen LogP contribution in [0, 0.1) is 0 Å². The van der Waals surface area contributed by atoms with E-state index in [9.17, 15) is 4.79 Å². The molecule has 0 saturated carbocycles. The van der Waals surface area contributed by atoms with Gasteiger partial charge in [-0.3, -0.25) is 4.79 Å². The molecule has 0 atom stereocenters. The predicted molar refractivity (Wildman–Crippen MR) is 89.6 cm³/mol. The highest BCUT2D eigenvalue weighted by Gasteiger charge is 2.11. The summed E-state index contributed by atoms with van der Waals surface area (Å²) in [5.74, 6) is 1.45. The highest BCUT2D eigenvalue weighted by Crippen LogP contribution is 2.21. The molecular weight excluding hydrogens is 280 g/mol. The van der Waals surface area contributed by atoms with E-state index >= 15 is 0 Å². The van der Waals surface area contributed by atoms with E-state index in [0.29, 0.717) is 5.75 Å². The summed E-state index contributed by atoms with van der Waals surface area (Å²) in [5, 5.41) is 0.996. The first-order chi connectivity index (χ1) is 10.2. The van der Waals surface area contributed by atoms with Gasteiger partial charge >= 0.3 is 0 Å². The highest BCUT2D eigenvalue weighted by atomic mass is 32.2. The summed E-state index contributed by atoms with van der Waals surface area (Å²) in [7, 11) is 0. The Kier molecular flexibility index (Phi) is 3.97. The van der Waals surface area contributed by atoms with Gasteiger partial charge in [0.05, 0.1) is 5.75 Å². The Labute approximate surface area is 127 Å². The van der Waals surface area contributed by atoms with Crippen LogP contribution in [0.25, 0.3) is 10.9 Å². The van der Waals surface area contributed by atoms with E-state index in [2.05, 4.69) is 4.98 Å². The van der Waals surface area contributed by atoms with Gasteiger partial charge in [0.2, 0.25) is 0 Å². The van der Waals surface area contributed by atoms with Crippen LogP contribution in [0.15, 0.2) is 54.7 Å². The fourth-order valence-electron chi connectivity index (χ4n) is 2.26. The van der Waals surface area contributed by atoms with E-state index in [-0.39, 0.29) is 5.78 Å². The number of nitrogens with two attached hydrogens (primary N) is 1. The van der Waals surface area contributed by atoms with Crippen LogP contribution < -0.4 is 5.73 Å². The number of carbonyl (C=O) groups is 1. The second-order valence-electron chi connectivity index (χ2n) is 4.91. The third-order valence-corrected chi connectivity index (χ3v) is 4.38. The zero-order valence-electron chi connectivity index (χ0n) is 11.5. The van der Waals surface area contributed by atoms with Crippen LogP contribution in [-0.2, 0) is 5.75 Å². The molecule has 2 aromatic carbocycles. The summed E-state index contributed by atoms with van der Waals surface area (Å²) in [6, 6.07) is 15.6. The number of hydrogen-bond acceptors (Lipinski definition) is 3. The molecule has 3 nitrogen and oxygen atoms in total. The molecule has 1 aromatic heterocycles. The normalized spacial score (nSPS) is 10.9. The number of aromatic amines is 1. The molecule has 0 radical (unpaired) electrons. The molecule has 0 fully saturated rings. The lowest BCUT2D eigenvalue weighted by Gasteiger charge is -2.02. The van der Waals surface area contributed by atoms with E-state index in [4.69, 9.17) is 5.73 Å². The Morgan fingerprint density at radius 3 is 2.67 bits per heavy atom. The molecule has 3 N–H and O–H groups in total. The van der Waals surface area contributed by atoms with E-state index in [0.717, 1.165) is 27.9 Å². The maximum absolute atomic E-state index is 12.3. The number of nitrogen functional groups attached to an aromatic ring is 1. The number of fused-ring (bicyclic) bond motifs is 1. The Hall–Kier alpha value is -2.20. The maximum Gasteiger partial charge on any atom is 0.174 e. The summed E-state index contributed by atoms with van der Waals surface area (Å²) < 4.78 is 0. The van der Waals surface area contributed by atoms with Crippen molar-refractivity contribution >= 4 is 34.1 Å². The molecule has 106 valence electrons. The smallest absolute Gasteiger partial charge is 0.174 e. The summed E-state index contributed by atoms with van der Waals surface area (Å²) in [6.07, 6.45) is 1.80. The average Bonchev–Trinajstić information content (AvgIpc) is 2.93. The largest absolute Gasteiger partial charge is 0.399 e. The molecule has 0 unspecified atom stereocenters. The minimum Gasteiger partial charge on any atom is -0.399 e. The molecule has 3 aromatic rings. The number of carbonyl (C=O) groups excluding carboxylic acids is 1. The van der Waals surface area contributed by atoms with Crippen molar-refractivity contribution in [1.29, 1.82) is 0 Å². The minimum absolute atomic E-state index is 0.160. The average molecular weight is 296 g/mol. The molecule has 0 bridgehead atoms. The van der Waals surface area contributed by atoms with Crippen molar-refractivity contribution in [2.24, 2.45) is 0 Å². The van der Waals surface area contributed by atoms with Crippen LogP contribution in [0.2, 0.25) is 0 Å². The third-order valence-electron chi connectivity index (χ3n) is 3.37. The van der Waals surface area contributed by atoms with Gasteiger partial charge in [0, 0.05) is 34.1 Å². The van der Waals surface area contributed by atoms with Gasteiger partial charge in [-0.1, -0.05) is 30.3 Å². The lowest BCUT2D eigenvalue weighted by atomic mass is 10.1. The second-order valence-corrected chi connectivity index (χ2v) is 5.89. The molecule has 0 saturated heterocycles. The number of thioether (sulfide) groups is 1. The van der Waals surface area contributed by atoms with Gasteiger partial charge in [0.15, 0.2) is 5.78 Å². The molecule has 0 spiro atoms. The first-order valence-corrected chi connectivity index (χ1v) is 7.91. The lowest BCUT2D eigenvalue weighted by Crippen LogP contribution is -2.01. The zero-order valence-corrected chi connectivity index (χ0v) is 12.3. The SMILES string of the molecule is Nc1ccc(CSCC(=O)c2c[nH]c3ccccc23)cc1. The fourth-order valence-corrected chi connectivity index (χ4v) is 3.13. The number of benzene rings is 2. The van der Waals surface area contributed by atoms with Crippen molar-refractivity contribution in [2.75, 3.05) is 11.5 Å². The Bertz CT molecular complexity index is 762. The van der Waals surface area contributed by atoms with Gasteiger partial charge in [0.25, 0.3) is 0 Å². The van der Waals surface area contributed by atoms with E-state index < -0.39 is 0 Å². The number of rotatable bonds is 5. The Morgan fingerprint density at radius 2 is 1.86 bits per heavy atom. The van der Waals surface area contributed by atoms with E-state index in [1.54, 1.807) is 18.0 Å². The van der Waals surface area contributed by atoms with Crippen molar-refractivity contribution in [2.45, 2.75) is 5.75 Å². The molecule has 21 heavy (non-hydrogen) atoms. The third kappa shape index (κ3) is 3.11. The molecule has 3 rings (SSSR count). The monoisotopic (exact) mass is 296 g/mol. The summed E-state index contributed by atoms with van der Waals surface area (Å²) in [6.45, 7) is 0. The first-order valence-electron chi connectivity index (χ1n) is 6.75. The highest BCUT2D eigenvalue weighted by molar-refractivity contribution is 7.99. The number of para-hydroxylation sites is 1. The van der Waals surface area contributed by atoms with Gasteiger partial charge < -0.3 is 10.7 Å². The predicted octanol–water partition coefficient (Wildman–Crippen LogP) is 3.87. The molecule has 0 aliphatic heterocycles. The number of ketones is 1. The van der Waals surface area contributed by atoms with Crippen LogP contribution in [-0.4, -0.2) is 16.5 Å². The van der Waals surface area contributed by atoms with Crippen molar-refractivity contribution < 1.29 is 4.79 Å². The number of aromatic nitrogens is 1. The van der Waals surface area contributed by atoms with Crippen LogP contribution in [0.1, 0.15) is 15.9 Å². The number of nitrogens with one attached hydrogen (secondary N) is 1. The Balaban J connectivity index is 1.63. The van der Waals surface area contributed by atoms with Crippen molar-refractivity contribution in [1.82, 2.24) is 4.98 Å². The second kappa shape index (κ2) is 6.06. The summed E-state index contributed by atoms with van der Waals surface area (Å²) in [5.41, 5.74) is 9.38. The van der Waals surface area contributed by atoms with Crippen LogP contribution in [0.4, 0.5) is 5.69 Å². The summed E-state index contributed by atoms with van der Waals surface area (Å²) >= 11 is 1.62. The molecule has 0 amide bonds. The number of H-pyrrole nitrogens is 1. The summed E-state index contributed by atoms with van der Waals surface area (Å²) in [4.78, 5) is 15.4. The zero-order chi connectivity index (χ0) is 14.7. The molecular formula is C17H16N2OS. The standard InChI is InChI=1S/C17H16N2OS/c18-13-7-5-12(6-8-13)10-21-11-17(20)15-9-19-16-4-2-1-3-14(15)16/h1-9,19H,10-11,18H2. The number of hydrogen-bond donors (Lipinski definition) is 2. The topological polar surface area (TPSA) is 58.9 Å². The van der Waals surface area contributed by atoms with Gasteiger partial charge in [-0.2, -0.15) is 0 Å². The van der Waals surface area contributed by atoms with Gasteiger partial charge in [-0.15, -0.1) is 11.8 Å². The van der Waals surface area contributed by atoms with Crippen molar-refractivity contribution in [3.8, 4) is 0 Å². The van der Waals surface area contributed by atoms with E-state index in [1.165, 1.54) is 5.56 Å².